The van der Waals surface area contributed by atoms with Crippen molar-refractivity contribution >= 4 is 92.9 Å². The summed E-state index contributed by atoms with van der Waals surface area (Å²) in [6.07, 6.45) is 1.53. The third-order valence-corrected chi connectivity index (χ3v) is 10.8. The third-order valence-electron chi connectivity index (χ3n) is 9.96. The number of aromatic nitrogens is 1. The van der Waals surface area contributed by atoms with Crippen LogP contribution in [0.5, 0.6) is 5.75 Å². The van der Waals surface area contributed by atoms with Gasteiger partial charge in [0.2, 0.25) is 11.8 Å². The van der Waals surface area contributed by atoms with Crippen molar-refractivity contribution in [2.24, 2.45) is 0 Å². The molecule has 0 bridgehead atoms. The number of hydrogen-bond acceptors (Lipinski definition) is 9. The Kier molecular flexibility index (Phi) is 16.9. The van der Waals surface area contributed by atoms with E-state index in [0.717, 1.165) is 22.0 Å². The van der Waals surface area contributed by atoms with Crippen LogP contribution < -0.4 is 26.0 Å². The Balaban J connectivity index is 1.16. The van der Waals surface area contributed by atoms with Crippen molar-refractivity contribution < 1.29 is 43.0 Å². The third kappa shape index (κ3) is 13.5. The second-order valence-electron chi connectivity index (χ2n) is 14.7. The molecule has 6 rings (SSSR count). The van der Waals surface area contributed by atoms with Gasteiger partial charge in [0.1, 0.15) is 35.6 Å². The molecule has 0 aliphatic heterocycles. The lowest BCUT2D eigenvalue weighted by Gasteiger charge is -2.21. The van der Waals surface area contributed by atoms with Crippen molar-refractivity contribution in [2.45, 2.75) is 43.3 Å². The molecule has 17 heteroatoms. The predicted octanol–water partition coefficient (Wildman–Crippen LogP) is 6.41. The number of carbonyl (C=O) groups excluding carboxylic acids is 7. The normalized spacial score (nSPS) is 12.2. The highest BCUT2D eigenvalue weighted by Gasteiger charge is 2.31. The zero-order valence-corrected chi connectivity index (χ0v) is 36.8. The van der Waals surface area contributed by atoms with Crippen LogP contribution in [0.25, 0.3) is 10.9 Å². The van der Waals surface area contributed by atoms with Crippen LogP contribution >= 0.6 is 34.8 Å². The van der Waals surface area contributed by atoms with Crippen molar-refractivity contribution in [1.82, 2.24) is 20.9 Å². The zero-order chi connectivity index (χ0) is 46.3. The molecule has 5 N–H and O–H groups in total. The molecule has 1 heterocycles. The van der Waals surface area contributed by atoms with Crippen LogP contribution in [0.3, 0.4) is 0 Å². The maximum Gasteiger partial charge on any atom is 0.336 e. The van der Waals surface area contributed by atoms with Crippen molar-refractivity contribution in [3.8, 4) is 5.75 Å². The van der Waals surface area contributed by atoms with Crippen molar-refractivity contribution in [2.75, 3.05) is 17.1 Å². The fraction of sp³-hybridized carbons (Fsp3) is 0.188. The average molecular weight is 939 g/mol. The number of carbonyl (C=O) groups is 7. The van der Waals surface area contributed by atoms with Gasteiger partial charge >= 0.3 is 17.9 Å². The summed E-state index contributed by atoms with van der Waals surface area (Å²) in [6, 6.07) is 31.2. The van der Waals surface area contributed by atoms with Crippen LogP contribution in [0.4, 0.5) is 5.69 Å². The molecule has 5 aromatic carbocycles. The van der Waals surface area contributed by atoms with Gasteiger partial charge in [-0.25, -0.2) is 14.4 Å². The lowest BCUT2D eigenvalue weighted by molar-refractivity contribution is -0.163. The number of ether oxygens (including phenoxy) is 2. The number of nitrogens with one attached hydrogen (secondary N) is 5. The van der Waals surface area contributed by atoms with Gasteiger partial charge in [-0.3, -0.25) is 19.2 Å². The highest BCUT2D eigenvalue weighted by atomic mass is 35.5. The van der Waals surface area contributed by atoms with Gasteiger partial charge in [0.15, 0.2) is 0 Å². The number of rotatable bonds is 19. The number of esters is 3. The fourth-order valence-electron chi connectivity index (χ4n) is 6.75. The first-order valence-corrected chi connectivity index (χ1v) is 21.8. The molecule has 0 saturated heterocycles. The summed E-state index contributed by atoms with van der Waals surface area (Å²) >= 11 is 17.4. The molecule has 0 saturated carbocycles. The van der Waals surface area contributed by atoms with Crippen LogP contribution in [-0.4, -0.2) is 76.4 Å². The summed E-state index contributed by atoms with van der Waals surface area (Å²) in [5.74, 6) is -5.89. The summed E-state index contributed by atoms with van der Waals surface area (Å²) in [7, 11) is 0. The lowest BCUT2D eigenvalue weighted by Crippen LogP contribution is -2.48. The molecule has 0 spiro atoms. The smallest absolute Gasteiger partial charge is 0.336 e. The first-order valence-electron chi connectivity index (χ1n) is 20.2. The molecule has 14 nitrogen and oxygen atoms in total. The van der Waals surface area contributed by atoms with Crippen LogP contribution in [0.15, 0.2) is 134 Å². The van der Waals surface area contributed by atoms with Crippen molar-refractivity contribution in [3.63, 3.8) is 0 Å². The second kappa shape index (κ2) is 23.1. The Bertz CT molecular complexity index is 2680. The number of anilines is 1. The van der Waals surface area contributed by atoms with E-state index in [0.29, 0.717) is 22.4 Å². The van der Waals surface area contributed by atoms with Gasteiger partial charge in [0.25, 0.3) is 11.8 Å². The summed E-state index contributed by atoms with van der Waals surface area (Å²) in [5, 5.41) is 11.2. The van der Waals surface area contributed by atoms with E-state index in [1.807, 2.05) is 54.6 Å². The molecule has 1 aromatic heterocycles. The number of H-pyrrole nitrogens is 1. The summed E-state index contributed by atoms with van der Waals surface area (Å²) in [4.78, 5) is 95.6. The number of aromatic amines is 1. The Morgan fingerprint density at radius 1 is 0.538 bits per heavy atom. The number of hydrogen-bond donors (Lipinski definition) is 5. The molecule has 4 amide bonds. The Morgan fingerprint density at radius 2 is 1.11 bits per heavy atom. The standard InChI is InChI=1S/C48H42Cl3N5O9/c49-25-31-10-6-11-32(20-31)44(59)55-40(21-29-8-2-1-3-9-29)46(61)64-36-18-16-30(17-19-36)22-39(54-43(58)27-51)47(62)65-48(63)41(24-34-28-52-38-15-5-4-14-37(34)38)56-45(60)33-12-7-13-35(23-33)53-42(57)26-50/h1-20,23,28,39-41,52H,21-22,24-27H2,(H,53,57)(H,54,58)(H,55,59)(H,56,60)/t39-,40-,41-/m0/s1. The summed E-state index contributed by atoms with van der Waals surface area (Å²) < 4.78 is 11.1. The molecule has 0 unspecified atom stereocenters. The summed E-state index contributed by atoms with van der Waals surface area (Å²) in [6.45, 7) is 0. The molecule has 3 atom stereocenters. The minimum atomic E-state index is -1.42. The Morgan fingerprint density at radius 3 is 1.77 bits per heavy atom. The quantitative estimate of drug-likeness (QED) is 0.0264. The van der Waals surface area contributed by atoms with Gasteiger partial charge in [-0.2, -0.15) is 0 Å². The molecular weight excluding hydrogens is 897 g/mol. The van der Waals surface area contributed by atoms with E-state index in [1.165, 1.54) is 30.3 Å². The average Bonchev–Trinajstić information content (AvgIpc) is 3.74. The van der Waals surface area contributed by atoms with Gasteiger partial charge in [-0.1, -0.05) is 78.9 Å². The van der Waals surface area contributed by atoms with E-state index < -0.39 is 65.5 Å². The lowest BCUT2D eigenvalue weighted by atomic mass is 10.0. The second-order valence-corrected chi connectivity index (χ2v) is 15.5. The first kappa shape index (κ1) is 47.5. The van der Waals surface area contributed by atoms with Crippen molar-refractivity contribution in [3.05, 3.63) is 167 Å². The van der Waals surface area contributed by atoms with Crippen LogP contribution in [0.2, 0.25) is 0 Å². The monoisotopic (exact) mass is 937 g/mol. The number of fused-ring (bicyclic) bond motifs is 1. The maximum atomic E-state index is 13.9. The minimum Gasteiger partial charge on any atom is -0.425 e. The molecule has 6 aromatic rings. The fourth-order valence-corrected chi connectivity index (χ4v) is 7.06. The van der Waals surface area contributed by atoms with E-state index >= 15 is 0 Å². The topological polar surface area (TPSA) is 202 Å². The maximum absolute atomic E-state index is 13.9. The van der Waals surface area contributed by atoms with E-state index in [4.69, 9.17) is 44.3 Å². The van der Waals surface area contributed by atoms with E-state index in [1.54, 1.807) is 48.7 Å². The highest BCUT2D eigenvalue weighted by Crippen LogP contribution is 2.21. The zero-order valence-electron chi connectivity index (χ0n) is 34.5. The highest BCUT2D eigenvalue weighted by molar-refractivity contribution is 6.29. The van der Waals surface area contributed by atoms with Crippen LogP contribution in [-0.2, 0) is 53.9 Å². The predicted molar refractivity (Wildman–Crippen MR) is 246 cm³/mol. The van der Waals surface area contributed by atoms with Gasteiger partial charge < -0.3 is 35.7 Å². The number of para-hydroxylation sites is 1. The Hall–Kier alpha value is -7.00. The first-order chi connectivity index (χ1) is 31.4. The van der Waals surface area contributed by atoms with Crippen LogP contribution in [0.1, 0.15) is 43.0 Å². The van der Waals surface area contributed by atoms with E-state index in [9.17, 15) is 33.6 Å². The van der Waals surface area contributed by atoms with Crippen molar-refractivity contribution in [1.29, 1.82) is 0 Å². The van der Waals surface area contributed by atoms with Crippen LogP contribution in [0, 0.1) is 0 Å². The molecule has 65 heavy (non-hydrogen) atoms. The largest absolute Gasteiger partial charge is 0.425 e. The van der Waals surface area contributed by atoms with E-state index in [-0.39, 0.29) is 42.3 Å². The molecule has 334 valence electrons. The SMILES string of the molecule is O=C(CCl)Nc1cccc(C(=O)N[C@@H](Cc2c[nH]c3ccccc23)C(=O)OC(=O)[C@H](Cc2ccc(OC(=O)[C@H](Cc3ccccc3)NC(=O)c3cccc(CCl)c3)cc2)NC(=O)CCl)c1. The molecule has 0 aliphatic rings. The number of alkyl halides is 3. The molecule has 0 fully saturated rings. The molecule has 0 radical (unpaired) electrons. The summed E-state index contributed by atoms with van der Waals surface area (Å²) in [5.41, 5.74) is 4.09. The van der Waals surface area contributed by atoms with Gasteiger partial charge in [0, 0.05) is 59.1 Å². The number of halogens is 3. The molecule has 0 aliphatic carbocycles. The van der Waals surface area contributed by atoms with E-state index in [2.05, 4.69) is 26.3 Å². The Labute approximate surface area is 388 Å². The number of amides is 4. The van der Waals surface area contributed by atoms with Gasteiger partial charge in [-0.15, -0.1) is 34.8 Å². The van der Waals surface area contributed by atoms with Gasteiger partial charge in [0.05, 0.1) is 0 Å². The molecular formula is C48H42Cl3N5O9. The van der Waals surface area contributed by atoms with Gasteiger partial charge in [-0.05, 0) is 70.8 Å². The number of benzene rings is 5. The minimum absolute atomic E-state index is 0.0895.